The van der Waals surface area contributed by atoms with Crippen LogP contribution in [0.5, 0.6) is 0 Å². The topological polar surface area (TPSA) is 81.8 Å². The van der Waals surface area contributed by atoms with Crippen molar-refractivity contribution < 1.29 is 4.79 Å². The molecule has 0 radical (unpaired) electrons. The van der Waals surface area contributed by atoms with Crippen molar-refractivity contribution in [3.05, 3.63) is 81.0 Å². The average molecular weight is 422 g/mol. The van der Waals surface area contributed by atoms with E-state index in [0.717, 1.165) is 22.4 Å². The first kappa shape index (κ1) is 19.8. The van der Waals surface area contributed by atoms with Crippen LogP contribution in [0.3, 0.4) is 0 Å². The van der Waals surface area contributed by atoms with Crippen LogP contribution in [0.15, 0.2) is 53.7 Å². The molecular formula is C22H20ClN5O2. The van der Waals surface area contributed by atoms with Crippen LogP contribution in [0, 0.1) is 20.8 Å². The van der Waals surface area contributed by atoms with Crippen molar-refractivity contribution in [2.45, 2.75) is 27.3 Å². The van der Waals surface area contributed by atoms with Crippen molar-refractivity contribution in [1.82, 2.24) is 19.3 Å². The molecule has 1 N–H and O–H groups in total. The van der Waals surface area contributed by atoms with Crippen molar-refractivity contribution in [3.63, 3.8) is 0 Å². The number of nitrogens with zero attached hydrogens (tertiary/aromatic N) is 4. The number of carbonyl (C=O) groups excluding carboxylic acids is 1. The highest BCUT2D eigenvalue weighted by atomic mass is 35.5. The maximum atomic E-state index is 12.9. The summed E-state index contributed by atoms with van der Waals surface area (Å²) in [6.07, 6.45) is 2.82. The Morgan fingerprint density at radius 2 is 1.87 bits per heavy atom. The van der Waals surface area contributed by atoms with Gasteiger partial charge in [-0.25, -0.2) is 9.67 Å². The smallest absolute Gasteiger partial charge is 0.264 e. The lowest BCUT2D eigenvalue weighted by atomic mass is 10.1. The molecule has 0 bridgehead atoms. The van der Waals surface area contributed by atoms with Gasteiger partial charge in [0.1, 0.15) is 18.3 Å². The number of halogens is 1. The first-order chi connectivity index (χ1) is 14.3. The molecule has 0 aliphatic heterocycles. The maximum Gasteiger partial charge on any atom is 0.264 e. The summed E-state index contributed by atoms with van der Waals surface area (Å²) < 4.78 is 2.83. The molecular weight excluding hydrogens is 402 g/mol. The molecule has 152 valence electrons. The minimum atomic E-state index is -0.333. The lowest BCUT2D eigenvalue weighted by molar-refractivity contribution is -0.116. The molecule has 4 aromatic rings. The Morgan fingerprint density at radius 3 is 2.57 bits per heavy atom. The Bertz CT molecular complexity index is 1320. The number of fused-ring (bicyclic) bond motifs is 1. The number of hydrogen-bond donors (Lipinski definition) is 1. The van der Waals surface area contributed by atoms with Crippen LogP contribution < -0.4 is 10.9 Å². The molecule has 0 atom stereocenters. The van der Waals surface area contributed by atoms with Crippen LogP contribution in [0.25, 0.3) is 16.7 Å². The molecule has 2 heterocycles. The van der Waals surface area contributed by atoms with Crippen LogP contribution in [-0.2, 0) is 11.3 Å². The van der Waals surface area contributed by atoms with Crippen molar-refractivity contribution >= 4 is 34.2 Å². The predicted molar refractivity (Wildman–Crippen MR) is 117 cm³/mol. The number of aromatic nitrogens is 4. The minimum absolute atomic E-state index is 0.142. The fraction of sp³-hybridized carbons (Fsp3) is 0.182. The maximum absolute atomic E-state index is 12.9. The Balaban J connectivity index is 1.62. The second-order valence-corrected chi connectivity index (χ2v) is 7.71. The van der Waals surface area contributed by atoms with E-state index in [1.807, 2.05) is 39.0 Å². The van der Waals surface area contributed by atoms with Gasteiger partial charge in [0.2, 0.25) is 5.91 Å². The Kier molecular flexibility index (Phi) is 5.13. The summed E-state index contributed by atoms with van der Waals surface area (Å²) in [4.78, 5) is 29.8. The van der Waals surface area contributed by atoms with E-state index in [1.54, 1.807) is 22.9 Å². The summed E-state index contributed by atoms with van der Waals surface area (Å²) >= 11 is 6.05. The normalized spacial score (nSPS) is 11.1. The molecule has 0 saturated heterocycles. The zero-order chi connectivity index (χ0) is 21.4. The number of aryl methyl sites for hydroxylation is 3. The highest BCUT2D eigenvalue weighted by Crippen LogP contribution is 2.22. The van der Waals surface area contributed by atoms with Gasteiger partial charge in [-0.15, -0.1) is 0 Å². The molecule has 30 heavy (non-hydrogen) atoms. The van der Waals surface area contributed by atoms with E-state index in [4.69, 9.17) is 11.6 Å². The second-order valence-electron chi connectivity index (χ2n) is 7.27. The zero-order valence-corrected chi connectivity index (χ0v) is 17.6. The van der Waals surface area contributed by atoms with Gasteiger partial charge in [0.05, 0.1) is 11.9 Å². The summed E-state index contributed by atoms with van der Waals surface area (Å²) in [6.45, 7) is 5.76. The molecule has 0 aliphatic carbocycles. The van der Waals surface area contributed by atoms with Crippen molar-refractivity contribution in [1.29, 1.82) is 0 Å². The van der Waals surface area contributed by atoms with E-state index < -0.39 is 0 Å². The fourth-order valence-corrected chi connectivity index (χ4v) is 3.75. The predicted octanol–water partition coefficient (Wildman–Crippen LogP) is 3.80. The number of amides is 1. The largest absolute Gasteiger partial charge is 0.324 e. The number of carbonyl (C=O) groups is 1. The highest BCUT2D eigenvalue weighted by Gasteiger charge is 2.14. The molecule has 2 aromatic carbocycles. The Morgan fingerprint density at radius 1 is 1.13 bits per heavy atom. The monoisotopic (exact) mass is 421 g/mol. The lowest BCUT2D eigenvalue weighted by Gasteiger charge is -2.13. The molecule has 2 aromatic heterocycles. The van der Waals surface area contributed by atoms with E-state index in [-0.39, 0.29) is 18.0 Å². The van der Waals surface area contributed by atoms with Crippen molar-refractivity contribution in [2.24, 2.45) is 0 Å². The number of benzene rings is 2. The molecule has 0 unspecified atom stereocenters. The quantitative estimate of drug-likeness (QED) is 0.543. The van der Waals surface area contributed by atoms with E-state index in [2.05, 4.69) is 15.4 Å². The zero-order valence-electron chi connectivity index (χ0n) is 16.8. The van der Waals surface area contributed by atoms with Gasteiger partial charge in [-0.3, -0.25) is 14.2 Å². The molecule has 1 amide bonds. The standard InChI is InChI=1S/C22H20ClN5O2/c1-13-7-14(2)20(15(3)8-13)26-19(29)11-27-12-24-21-18(22(27)30)10-25-28(21)17-6-4-5-16(23)9-17/h4-10,12H,11H2,1-3H3,(H,26,29). The highest BCUT2D eigenvalue weighted by molar-refractivity contribution is 6.30. The van der Waals surface area contributed by atoms with Gasteiger partial charge in [-0.2, -0.15) is 5.10 Å². The third-order valence-corrected chi connectivity index (χ3v) is 5.10. The third-order valence-electron chi connectivity index (χ3n) is 4.86. The summed E-state index contributed by atoms with van der Waals surface area (Å²) in [5.74, 6) is -0.296. The van der Waals surface area contributed by atoms with Gasteiger partial charge in [0.15, 0.2) is 5.65 Å². The van der Waals surface area contributed by atoms with Crippen molar-refractivity contribution in [3.8, 4) is 5.69 Å². The molecule has 0 spiro atoms. The first-order valence-electron chi connectivity index (χ1n) is 9.40. The van der Waals surface area contributed by atoms with Gasteiger partial charge in [0, 0.05) is 10.7 Å². The van der Waals surface area contributed by atoms with E-state index in [9.17, 15) is 9.59 Å². The molecule has 0 saturated carbocycles. The van der Waals surface area contributed by atoms with Crippen LogP contribution in [0.1, 0.15) is 16.7 Å². The Labute approximate surface area is 177 Å². The van der Waals surface area contributed by atoms with Crippen molar-refractivity contribution in [2.75, 3.05) is 5.32 Å². The van der Waals surface area contributed by atoms with Crippen LogP contribution in [0.4, 0.5) is 5.69 Å². The number of anilines is 1. The summed E-state index contributed by atoms with van der Waals surface area (Å²) in [5.41, 5.74) is 4.62. The van der Waals surface area contributed by atoms with Gasteiger partial charge >= 0.3 is 0 Å². The first-order valence-corrected chi connectivity index (χ1v) is 9.78. The van der Waals surface area contributed by atoms with Crippen LogP contribution in [-0.4, -0.2) is 25.2 Å². The molecule has 4 rings (SSSR count). The molecule has 0 fully saturated rings. The van der Waals surface area contributed by atoms with E-state index >= 15 is 0 Å². The number of hydrogen-bond acceptors (Lipinski definition) is 4. The van der Waals surface area contributed by atoms with E-state index in [1.165, 1.54) is 17.1 Å². The average Bonchev–Trinajstić information content (AvgIpc) is 3.12. The molecule has 7 nitrogen and oxygen atoms in total. The van der Waals surface area contributed by atoms with Crippen LogP contribution >= 0.6 is 11.6 Å². The SMILES string of the molecule is Cc1cc(C)c(NC(=O)Cn2cnc3c(cnn3-c3cccc(Cl)c3)c2=O)c(C)c1. The second kappa shape index (κ2) is 7.76. The lowest BCUT2D eigenvalue weighted by Crippen LogP contribution is -2.28. The minimum Gasteiger partial charge on any atom is -0.324 e. The van der Waals surface area contributed by atoms with E-state index in [0.29, 0.717) is 21.7 Å². The summed E-state index contributed by atoms with van der Waals surface area (Å²) in [5, 5.41) is 8.06. The van der Waals surface area contributed by atoms with Gasteiger partial charge in [-0.05, 0) is 50.1 Å². The van der Waals surface area contributed by atoms with Gasteiger partial charge in [0.25, 0.3) is 5.56 Å². The summed E-state index contributed by atoms with van der Waals surface area (Å²) in [6, 6.07) is 11.1. The van der Waals surface area contributed by atoms with Crippen LogP contribution in [0.2, 0.25) is 5.02 Å². The van der Waals surface area contributed by atoms with Gasteiger partial charge < -0.3 is 5.32 Å². The Hall–Kier alpha value is -3.45. The number of nitrogens with one attached hydrogen (secondary N) is 1. The number of rotatable bonds is 4. The molecule has 8 heteroatoms. The third kappa shape index (κ3) is 3.71. The fourth-order valence-electron chi connectivity index (χ4n) is 3.57. The summed E-state index contributed by atoms with van der Waals surface area (Å²) in [7, 11) is 0. The van der Waals surface area contributed by atoms with Gasteiger partial charge in [-0.1, -0.05) is 35.4 Å². The molecule has 0 aliphatic rings.